The van der Waals surface area contributed by atoms with Crippen LogP contribution in [0.2, 0.25) is 0 Å². The van der Waals surface area contributed by atoms with Crippen LogP contribution in [-0.2, 0) is 16.6 Å². The molecular weight excluding hydrogens is 382 g/mol. The molecule has 0 spiro atoms. The Kier molecular flexibility index (Phi) is 6.30. The number of hydrogen-bond acceptors (Lipinski definition) is 6. The van der Waals surface area contributed by atoms with E-state index in [9.17, 15) is 18.5 Å². The maximum atomic E-state index is 12.5. The van der Waals surface area contributed by atoms with Crippen LogP contribution in [0, 0.1) is 10.1 Å². The Balaban J connectivity index is 2.35. The van der Waals surface area contributed by atoms with Crippen LogP contribution in [0.3, 0.4) is 0 Å². The molecule has 0 aliphatic rings. The number of ether oxygens (including phenoxy) is 1. The summed E-state index contributed by atoms with van der Waals surface area (Å²) in [7, 11) is -0.576. The standard InChI is InChI=1S/C19H25N3O5S/c1-19(2,3)20-28(25,26)16-10-11-17(18(12-16)22(23)24)21(4)13-14-6-8-15(27-5)9-7-14/h6-12,20H,13H2,1-5H3. The van der Waals surface area contributed by atoms with Gasteiger partial charge in [-0.1, -0.05) is 12.1 Å². The van der Waals surface area contributed by atoms with Gasteiger partial charge in [-0.3, -0.25) is 10.1 Å². The summed E-state index contributed by atoms with van der Waals surface area (Å²) < 4.78 is 32.6. The zero-order chi connectivity index (χ0) is 21.1. The first-order valence-corrected chi connectivity index (χ1v) is 10.1. The van der Waals surface area contributed by atoms with Crippen LogP contribution in [0.25, 0.3) is 0 Å². The first-order valence-electron chi connectivity index (χ1n) is 8.59. The summed E-state index contributed by atoms with van der Waals surface area (Å²) in [6.07, 6.45) is 0. The van der Waals surface area contributed by atoms with Gasteiger partial charge in [0, 0.05) is 25.2 Å². The molecule has 0 unspecified atom stereocenters. The van der Waals surface area contributed by atoms with Crippen molar-refractivity contribution >= 4 is 21.4 Å². The summed E-state index contributed by atoms with van der Waals surface area (Å²) in [6, 6.07) is 11.3. The van der Waals surface area contributed by atoms with Crippen molar-refractivity contribution in [2.45, 2.75) is 37.8 Å². The van der Waals surface area contributed by atoms with Crippen molar-refractivity contribution in [2.75, 3.05) is 19.1 Å². The summed E-state index contributed by atoms with van der Waals surface area (Å²) in [6.45, 7) is 5.53. The highest BCUT2D eigenvalue weighted by molar-refractivity contribution is 7.89. The van der Waals surface area contributed by atoms with Gasteiger partial charge in [0.15, 0.2) is 0 Å². The SMILES string of the molecule is COc1ccc(CN(C)c2ccc(S(=O)(=O)NC(C)(C)C)cc2[N+](=O)[O-])cc1. The Morgan fingerprint density at radius 3 is 2.25 bits per heavy atom. The molecule has 0 atom stereocenters. The second kappa shape index (κ2) is 8.15. The Morgan fingerprint density at radius 2 is 1.75 bits per heavy atom. The second-order valence-electron chi connectivity index (χ2n) is 7.47. The largest absolute Gasteiger partial charge is 0.497 e. The van der Waals surface area contributed by atoms with Gasteiger partial charge >= 0.3 is 0 Å². The van der Waals surface area contributed by atoms with Crippen molar-refractivity contribution in [3.05, 3.63) is 58.1 Å². The molecule has 2 aromatic carbocycles. The predicted octanol–water partition coefficient (Wildman–Crippen LogP) is 3.32. The molecule has 0 heterocycles. The lowest BCUT2D eigenvalue weighted by molar-refractivity contribution is -0.384. The second-order valence-corrected chi connectivity index (χ2v) is 9.15. The normalized spacial score (nSPS) is 11.9. The minimum absolute atomic E-state index is 0.143. The topological polar surface area (TPSA) is 102 Å². The Labute approximate surface area is 165 Å². The lowest BCUT2D eigenvalue weighted by Crippen LogP contribution is -2.40. The van der Waals surface area contributed by atoms with Crippen molar-refractivity contribution in [1.29, 1.82) is 0 Å². The molecule has 0 aliphatic carbocycles. The number of sulfonamides is 1. The molecular formula is C19H25N3O5S. The molecule has 9 heteroatoms. The van der Waals surface area contributed by atoms with Crippen LogP contribution in [0.1, 0.15) is 26.3 Å². The molecule has 0 fully saturated rings. The molecule has 0 saturated heterocycles. The monoisotopic (exact) mass is 407 g/mol. The highest BCUT2D eigenvalue weighted by atomic mass is 32.2. The maximum Gasteiger partial charge on any atom is 0.293 e. The zero-order valence-corrected chi connectivity index (χ0v) is 17.4. The quantitative estimate of drug-likeness (QED) is 0.558. The Morgan fingerprint density at radius 1 is 1.14 bits per heavy atom. The fraction of sp³-hybridized carbons (Fsp3) is 0.368. The molecule has 28 heavy (non-hydrogen) atoms. The fourth-order valence-electron chi connectivity index (χ4n) is 2.69. The molecule has 1 N–H and O–H groups in total. The van der Waals surface area contributed by atoms with E-state index in [1.165, 1.54) is 12.1 Å². The summed E-state index contributed by atoms with van der Waals surface area (Å²) in [4.78, 5) is 12.6. The van der Waals surface area contributed by atoms with Crippen LogP contribution >= 0.6 is 0 Å². The van der Waals surface area contributed by atoms with Gasteiger partial charge in [-0.15, -0.1) is 0 Å². The van der Waals surface area contributed by atoms with E-state index in [2.05, 4.69) is 4.72 Å². The molecule has 0 amide bonds. The third-order valence-corrected chi connectivity index (χ3v) is 5.64. The zero-order valence-electron chi connectivity index (χ0n) is 16.6. The third-order valence-electron chi connectivity index (χ3n) is 3.88. The van der Waals surface area contributed by atoms with Crippen LogP contribution in [0.15, 0.2) is 47.4 Å². The lowest BCUT2D eigenvalue weighted by atomic mass is 10.1. The van der Waals surface area contributed by atoms with Gasteiger partial charge in [0.2, 0.25) is 10.0 Å². The van der Waals surface area contributed by atoms with E-state index in [0.29, 0.717) is 12.2 Å². The lowest BCUT2D eigenvalue weighted by Gasteiger charge is -2.22. The van der Waals surface area contributed by atoms with Crippen LogP contribution in [0.5, 0.6) is 5.75 Å². The number of nitro benzene ring substituents is 1. The average molecular weight is 407 g/mol. The van der Waals surface area contributed by atoms with Gasteiger partial charge in [-0.25, -0.2) is 13.1 Å². The minimum Gasteiger partial charge on any atom is -0.497 e. The fourth-order valence-corrected chi connectivity index (χ4v) is 4.13. The molecule has 0 aliphatic heterocycles. The predicted molar refractivity (Wildman–Crippen MR) is 108 cm³/mol. The van der Waals surface area contributed by atoms with Crippen molar-refractivity contribution in [1.82, 2.24) is 4.72 Å². The maximum absolute atomic E-state index is 12.5. The molecule has 0 radical (unpaired) electrons. The molecule has 2 aromatic rings. The van der Waals surface area contributed by atoms with E-state index < -0.39 is 20.5 Å². The average Bonchev–Trinajstić information content (AvgIpc) is 2.59. The summed E-state index contributed by atoms with van der Waals surface area (Å²) >= 11 is 0. The molecule has 0 aromatic heterocycles. The Bertz CT molecular complexity index is 951. The van der Waals surface area contributed by atoms with Crippen molar-refractivity contribution in [2.24, 2.45) is 0 Å². The van der Waals surface area contributed by atoms with Crippen molar-refractivity contribution in [3.63, 3.8) is 0 Å². The van der Waals surface area contributed by atoms with Gasteiger partial charge < -0.3 is 9.64 Å². The summed E-state index contributed by atoms with van der Waals surface area (Å²) in [5.74, 6) is 0.721. The van der Waals surface area contributed by atoms with Gasteiger partial charge in [0.25, 0.3) is 5.69 Å². The van der Waals surface area contributed by atoms with E-state index in [0.717, 1.165) is 17.4 Å². The highest BCUT2D eigenvalue weighted by Crippen LogP contribution is 2.31. The summed E-state index contributed by atoms with van der Waals surface area (Å²) in [5.41, 5.74) is 0.296. The van der Waals surface area contributed by atoms with E-state index in [4.69, 9.17) is 4.74 Å². The van der Waals surface area contributed by atoms with E-state index in [-0.39, 0.29) is 10.6 Å². The molecule has 152 valence electrons. The molecule has 8 nitrogen and oxygen atoms in total. The number of methoxy groups -OCH3 is 1. The summed E-state index contributed by atoms with van der Waals surface area (Å²) in [5, 5.41) is 11.6. The van der Waals surface area contributed by atoms with Crippen LogP contribution < -0.4 is 14.4 Å². The van der Waals surface area contributed by atoms with E-state index in [1.54, 1.807) is 39.8 Å². The Hall–Kier alpha value is -2.65. The number of nitrogens with zero attached hydrogens (tertiary/aromatic N) is 2. The smallest absolute Gasteiger partial charge is 0.293 e. The van der Waals surface area contributed by atoms with E-state index >= 15 is 0 Å². The minimum atomic E-state index is -3.87. The number of hydrogen-bond donors (Lipinski definition) is 1. The first kappa shape index (κ1) is 21.6. The number of nitro groups is 1. The number of benzene rings is 2. The first-order chi connectivity index (χ1) is 12.9. The van der Waals surface area contributed by atoms with Gasteiger partial charge in [-0.2, -0.15) is 0 Å². The van der Waals surface area contributed by atoms with Gasteiger partial charge in [-0.05, 0) is 50.6 Å². The van der Waals surface area contributed by atoms with Crippen LogP contribution in [-0.4, -0.2) is 33.0 Å². The molecule has 0 saturated carbocycles. The molecule has 2 rings (SSSR count). The van der Waals surface area contributed by atoms with Crippen molar-refractivity contribution in [3.8, 4) is 5.75 Å². The van der Waals surface area contributed by atoms with Gasteiger partial charge in [0.1, 0.15) is 11.4 Å². The number of anilines is 1. The van der Waals surface area contributed by atoms with Crippen molar-refractivity contribution < 1.29 is 18.1 Å². The number of rotatable bonds is 7. The molecule has 0 bridgehead atoms. The number of nitrogens with one attached hydrogen (secondary N) is 1. The van der Waals surface area contributed by atoms with E-state index in [1.807, 2.05) is 24.3 Å². The highest BCUT2D eigenvalue weighted by Gasteiger charge is 2.26. The van der Waals surface area contributed by atoms with Crippen LogP contribution in [0.4, 0.5) is 11.4 Å². The van der Waals surface area contributed by atoms with Gasteiger partial charge in [0.05, 0.1) is 16.9 Å². The third kappa shape index (κ3) is 5.43.